The van der Waals surface area contributed by atoms with Gasteiger partial charge in [0, 0.05) is 12.8 Å². The number of ether oxygens (including phenoxy) is 2. The van der Waals surface area contributed by atoms with Crippen molar-refractivity contribution in [2.24, 2.45) is 0 Å². The number of fused-ring (bicyclic) bond motifs is 3. The predicted molar refractivity (Wildman–Crippen MR) is 246 cm³/mol. The molecule has 3 aliphatic rings. The second kappa shape index (κ2) is 16.6. The molecule has 0 saturated carbocycles. The van der Waals surface area contributed by atoms with E-state index in [0.29, 0.717) is 26.1 Å². The van der Waals surface area contributed by atoms with Crippen LogP contribution in [0.2, 0.25) is 0 Å². The molecule has 8 aromatic carbocycles. The Hall–Kier alpha value is -5.30. The van der Waals surface area contributed by atoms with Gasteiger partial charge in [0.2, 0.25) is 0 Å². The van der Waals surface area contributed by atoms with Crippen molar-refractivity contribution < 1.29 is 28.0 Å². The first-order chi connectivity index (χ1) is 29.5. The van der Waals surface area contributed by atoms with Crippen LogP contribution in [0.1, 0.15) is 62.5 Å². The van der Waals surface area contributed by atoms with Crippen LogP contribution in [-0.2, 0) is 31.9 Å². The topological polar surface area (TPSA) is 52.6 Å². The lowest BCUT2D eigenvalue weighted by Gasteiger charge is -2.55. The molecule has 6 nitrogen and oxygen atoms in total. The highest BCUT2D eigenvalue weighted by Crippen LogP contribution is 2.38. The van der Waals surface area contributed by atoms with Gasteiger partial charge in [0.15, 0.2) is 0 Å². The van der Waals surface area contributed by atoms with Crippen molar-refractivity contribution in [1.82, 2.24) is 0 Å². The fraction of sp³-hybridized carbons (Fsp3) is 0.370. The summed E-state index contributed by atoms with van der Waals surface area (Å²) in [7, 11) is 0. The lowest BCUT2D eigenvalue weighted by Crippen LogP contribution is -2.75. The number of hydrogen-bond acceptors (Lipinski definition) is 4. The zero-order valence-electron chi connectivity index (χ0n) is 35.1. The van der Waals surface area contributed by atoms with Crippen molar-refractivity contribution >= 4 is 76.6 Å². The molecule has 0 aromatic heterocycles. The number of rotatable bonds is 18. The lowest BCUT2D eigenvalue weighted by atomic mass is 9.90. The fourth-order valence-corrected chi connectivity index (χ4v) is 11.1. The van der Waals surface area contributed by atoms with Crippen LogP contribution in [0.3, 0.4) is 0 Å². The van der Waals surface area contributed by atoms with E-state index in [0.717, 1.165) is 51.4 Å². The molecule has 0 spiro atoms. The number of hydrogen-bond donors (Lipinski definition) is 0. The summed E-state index contributed by atoms with van der Waals surface area (Å²) in [5.41, 5.74) is 2.63. The number of carbonyl (C=O) groups excluding carboxylic acids is 2. The fourth-order valence-electron chi connectivity index (χ4n) is 11.1. The molecule has 306 valence electrons. The van der Waals surface area contributed by atoms with Crippen molar-refractivity contribution in [2.45, 2.75) is 64.2 Å². The van der Waals surface area contributed by atoms with Gasteiger partial charge < -0.3 is 18.4 Å². The van der Waals surface area contributed by atoms with Crippen molar-refractivity contribution in [1.29, 1.82) is 0 Å². The van der Waals surface area contributed by atoms with Crippen LogP contribution in [0.15, 0.2) is 109 Å². The number of benzene rings is 8. The van der Waals surface area contributed by atoms with Crippen molar-refractivity contribution in [3.05, 3.63) is 120 Å². The highest BCUT2D eigenvalue weighted by molar-refractivity contribution is 6.24. The zero-order chi connectivity index (χ0) is 40.5. The SMILES string of the molecule is O=C(CCCc1ccc2ccc3cccc4ccc1c2c34)OCCCC[N+]12CC[N+](CCCCOC(=O)CCCc3ccc4ccc5cccc6ccc3c4c56)(CC1)CC2. The van der Waals surface area contributed by atoms with Crippen LogP contribution in [-0.4, -0.2) is 86.5 Å². The van der Waals surface area contributed by atoms with E-state index in [1.54, 1.807) is 0 Å². The molecule has 0 amide bonds. The van der Waals surface area contributed by atoms with Gasteiger partial charge in [0.1, 0.15) is 39.3 Å². The summed E-state index contributed by atoms with van der Waals surface area (Å²) >= 11 is 0. The van der Waals surface area contributed by atoms with Gasteiger partial charge in [-0.1, -0.05) is 109 Å². The maximum absolute atomic E-state index is 12.7. The molecule has 3 saturated heterocycles. The van der Waals surface area contributed by atoms with E-state index in [9.17, 15) is 9.59 Å². The monoisotopic (exact) mass is 798 g/mol. The van der Waals surface area contributed by atoms with Crippen LogP contribution >= 0.6 is 0 Å². The number of quaternary nitrogens is 2. The number of carbonyl (C=O) groups is 2. The van der Waals surface area contributed by atoms with Crippen molar-refractivity contribution in [3.8, 4) is 0 Å². The Labute approximate surface area is 353 Å². The maximum Gasteiger partial charge on any atom is 0.305 e. The summed E-state index contributed by atoms with van der Waals surface area (Å²) in [6.45, 7) is 11.0. The third-order valence-electron chi connectivity index (χ3n) is 14.6. The quantitative estimate of drug-likeness (QED) is 0.0375. The molecule has 3 aliphatic heterocycles. The van der Waals surface area contributed by atoms with E-state index >= 15 is 0 Å². The van der Waals surface area contributed by atoms with Gasteiger partial charge in [-0.05, 0) is 127 Å². The highest BCUT2D eigenvalue weighted by Gasteiger charge is 2.48. The van der Waals surface area contributed by atoms with Crippen LogP contribution in [0.25, 0.3) is 64.6 Å². The summed E-state index contributed by atoms with van der Waals surface area (Å²) in [4.78, 5) is 25.4. The Morgan fingerprint density at radius 1 is 0.400 bits per heavy atom. The molecule has 3 fully saturated rings. The zero-order valence-corrected chi connectivity index (χ0v) is 35.1. The molecule has 0 radical (unpaired) electrons. The van der Waals surface area contributed by atoms with Crippen LogP contribution < -0.4 is 0 Å². The largest absolute Gasteiger partial charge is 0.466 e. The van der Waals surface area contributed by atoms with Crippen LogP contribution in [0, 0.1) is 0 Å². The summed E-state index contributed by atoms with van der Waals surface area (Å²) in [5.74, 6) is -0.132. The Bertz CT molecular complexity index is 2560. The van der Waals surface area contributed by atoms with Crippen LogP contribution in [0.4, 0.5) is 0 Å². The molecule has 60 heavy (non-hydrogen) atoms. The number of piperazine rings is 3. The number of unbranched alkanes of at least 4 members (excludes halogenated alkanes) is 2. The third kappa shape index (κ3) is 7.65. The Morgan fingerprint density at radius 3 is 1.15 bits per heavy atom. The standard InChI is InChI=1S/C54H58N2O4/c57-49(15-7-9-39-17-19-45-23-21-41-11-5-13-43-25-27-47(39)53(45)51(41)43)59-37-3-1-29-55-31-34-56(35-32-55,36-33-55)30-2-4-38-60-50(58)16-8-10-40-18-20-46-24-22-42-12-6-14-44-26-28-48(40)54(46)52(42)44/h5-6,11-14,17-28H,1-4,7-10,15-16,29-38H2/q+2. The molecule has 3 heterocycles. The molecule has 0 atom stereocenters. The average molecular weight is 799 g/mol. The number of aryl methyl sites for hydroxylation is 2. The molecule has 0 aliphatic carbocycles. The minimum absolute atomic E-state index is 0.0662. The smallest absolute Gasteiger partial charge is 0.305 e. The van der Waals surface area contributed by atoms with E-state index in [-0.39, 0.29) is 11.9 Å². The van der Waals surface area contributed by atoms with Gasteiger partial charge in [0.25, 0.3) is 0 Å². The van der Waals surface area contributed by atoms with Gasteiger partial charge in [-0.15, -0.1) is 0 Å². The predicted octanol–water partition coefficient (Wildman–Crippen LogP) is 11.1. The van der Waals surface area contributed by atoms with E-state index in [2.05, 4.69) is 109 Å². The average Bonchev–Trinajstić information content (AvgIpc) is 3.28. The number of nitrogens with zero attached hydrogens (tertiary/aromatic N) is 2. The second-order valence-corrected chi connectivity index (χ2v) is 18.2. The van der Waals surface area contributed by atoms with Gasteiger partial charge in [-0.2, -0.15) is 0 Å². The highest BCUT2D eigenvalue weighted by atomic mass is 16.5. The first-order valence-electron chi connectivity index (χ1n) is 22.8. The molecular weight excluding hydrogens is 741 g/mol. The van der Waals surface area contributed by atoms with Crippen molar-refractivity contribution in [3.63, 3.8) is 0 Å². The van der Waals surface area contributed by atoms with Crippen molar-refractivity contribution in [2.75, 3.05) is 65.6 Å². The Morgan fingerprint density at radius 2 is 0.750 bits per heavy atom. The Balaban J connectivity index is 0.593. The third-order valence-corrected chi connectivity index (χ3v) is 14.6. The molecule has 6 heteroatoms. The number of esters is 2. The van der Waals surface area contributed by atoms with E-state index in [1.165, 1.54) is 137 Å². The molecule has 11 rings (SSSR count). The van der Waals surface area contributed by atoms with Gasteiger partial charge in [-0.25, -0.2) is 0 Å². The van der Waals surface area contributed by atoms with Gasteiger partial charge >= 0.3 is 11.9 Å². The minimum Gasteiger partial charge on any atom is -0.466 e. The van der Waals surface area contributed by atoms with Crippen LogP contribution in [0.5, 0.6) is 0 Å². The normalized spacial score (nSPS) is 19.1. The van der Waals surface area contributed by atoms with E-state index in [4.69, 9.17) is 9.47 Å². The van der Waals surface area contributed by atoms with E-state index in [1.807, 2.05) is 0 Å². The first-order valence-corrected chi connectivity index (χ1v) is 22.8. The summed E-state index contributed by atoms with van der Waals surface area (Å²) in [6, 6.07) is 39.9. The molecule has 0 N–H and O–H groups in total. The van der Waals surface area contributed by atoms with Gasteiger partial charge in [0.05, 0.1) is 26.3 Å². The maximum atomic E-state index is 12.7. The first kappa shape index (κ1) is 38.9. The van der Waals surface area contributed by atoms with Gasteiger partial charge in [-0.3, -0.25) is 9.59 Å². The Kier molecular flexibility index (Phi) is 10.8. The molecular formula is C54H58N2O4+2. The lowest BCUT2D eigenvalue weighted by molar-refractivity contribution is -1.08. The molecule has 0 unspecified atom stereocenters. The summed E-state index contributed by atoms with van der Waals surface area (Å²) < 4.78 is 13.9. The second-order valence-electron chi connectivity index (χ2n) is 18.2. The molecule has 2 bridgehead atoms. The van der Waals surface area contributed by atoms with E-state index < -0.39 is 0 Å². The summed E-state index contributed by atoms with van der Waals surface area (Å²) in [6.07, 6.45) is 8.41. The molecule has 8 aromatic rings. The minimum atomic E-state index is -0.0662. The summed E-state index contributed by atoms with van der Waals surface area (Å²) in [5, 5.41) is 15.7.